The third-order valence-corrected chi connectivity index (χ3v) is 7.70. The molecule has 31 heavy (non-hydrogen) atoms. The van der Waals surface area contributed by atoms with Crippen LogP contribution in [0.15, 0.2) is 57.9 Å². The van der Waals surface area contributed by atoms with E-state index in [-0.39, 0.29) is 17.2 Å². The molecule has 0 saturated heterocycles. The molecule has 1 atom stereocenters. The van der Waals surface area contributed by atoms with Crippen LogP contribution in [0.4, 0.5) is 5.13 Å². The second-order valence-corrected chi connectivity index (χ2v) is 10.00. The monoisotopic (exact) mass is 489 g/mol. The number of halogens is 2. The van der Waals surface area contributed by atoms with Crippen LogP contribution in [0, 0.1) is 11.3 Å². The summed E-state index contributed by atoms with van der Waals surface area (Å²) in [6.07, 6.45) is 3.53. The second kappa shape index (κ2) is 9.05. The minimum Gasteiger partial charge on any atom is -0.384 e. The summed E-state index contributed by atoms with van der Waals surface area (Å²) in [6, 6.07) is 7.26. The standard InChI is InChI=1S/C21H17Cl2N5OS2/c1-2-8-30-21-27-26-20(31-21)28-15-4-3-5-16(29)18(15)17(13(10-24)19(28)25)12-7-6-11(22)9-14(12)23/h2,6-7,9,17H,1,3-5,8,25H2. The molecule has 4 rings (SSSR count). The minimum absolute atomic E-state index is 0.0201. The lowest BCUT2D eigenvalue weighted by Gasteiger charge is -2.38. The van der Waals surface area contributed by atoms with E-state index in [1.807, 2.05) is 0 Å². The van der Waals surface area contributed by atoms with E-state index in [1.54, 1.807) is 29.2 Å². The third-order valence-electron chi connectivity index (χ3n) is 5.10. The Hall–Kier alpha value is -2.31. The summed E-state index contributed by atoms with van der Waals surface area (Å²) in [4.78, 5) is 14.8. The molecule has 0 bridgehead atoms. The number of carbonyl (C=O) groups excluding carboxylic acids is 1. The molecule has 2 aliphatic rings. The number of Topliss-reactive ketones (excluding diaryl/α,β-unsaturated/α-hetero) is 1. The SMILES string of the molecule is C=CCSc1nnc(N2C(N)=C(C#N)C(c3ccc(Cl)cc3Cl)C3=C2CCCC3=O)s1. The molecule has 0 spiro atoms. The number of nitrogens with zero attached hydrogens (tertiary/aromatic N) is 4. The lowest BCUT2D eigenvalue weighted by Crippen LogP contribution is -2.38. The quantitative estimate of drug-likeness (QED) is 0.441. The van der Waals surface area contributed by atoms with Crippen molar-refractivity contribution in [2.75, 3.05) is 10.7 Å². The molecule has 1 aromatic carbocycles. The van der Waals surface area contributed by atoms with Crippen LogP contribution in [0.25, 0.3) is 0 Å². The van der Waals surface area contributed by atoms with E-state index in [0.29, 0.717) is 51.3 Å². The molecule has 1 unspecified atom stereocenters. The number of nitrogens with two attached hydrogens (primary N) is 1. The Morgan fingerprint density at radius 1 is 1.39 bits per heavy atom. The first-order valence-electron chi connectivity index (χ1n) is 9.44. The number of hydrogen-bond acceptors (Lipinski definition) is 8. The molecule has 0 amide bonds. The number of aromatic nitrogens is 2. The van der Waals surface area contributed by atoms with Crippen LogP contribution in [0.2, 0.25) is 10.0 Å². The number of allylic oxidation sites excluding steroid dienone is 3. The molecular formula is C21H17Cl2N5OS2. The first kappa shape index (κ1) is 21.9. The van der Waals surface area contributed by atoms with E-state index in [4.69, 9.17) is 28.9 Å². The van der Waals surface area contributed by atoms with Gasteiger partial charge in [-0.1, -0.05) is 58.4 Å². The van der Waals surface area contributed by atoms with Crippen LogP contribution < -0.4 is 10.6 Å². The topological polar surface area (TPSA) is 95.9 Å². The Balaban J connectivity index is 1.89. The average molecular weight is 490 g/mol. The third kappa shape index (κ3) is 3.99. The van der Waals surface area contributed by atoms with Gasteiger partial charge in [0.15, 0.2) is 10.1 Å². The zero-order valence-corrected chi connectivity index (χ0v) is 19.4. The van der Waals surface area contributed by atoms with E-state index in [9.17, 15) is 10.1 Å². The van der Waals surface area contributed by atoms with Gasteiger partial charge in [0, 0.05) is 33.5 Å². The van der Waals surface area contributed by atoms with E-state index >= 15 is 0 Å². The van der Waals surface area contributed by atoms with Gasteiger partial charge in [-0.05, 0) is 30.5 Å². The number of carbonyl (C=O) groups is 1. The summed E-state index contributed by atoms with van der Waals surface area (Å²) in [5.74, 6) is 0.278. The summed E-state index contributed by atoms with van der Waals surface area (Å²) in [7, 11) is 0. The summed E-state index contributed by atoms with van der Waals surface area (Å²) < 4.78 is 0.758. The normalized spacial score (nSPS) is 18.8. The number of rotatable bonds is 5. The van der Waals surface area contributed by atoms with Crippen molar-refractivity contribution in [3.8, 4) is 6.07 Å². The summed E-state index contributed by atoms with van der Waals surface area (Å²) >= 11 is 15.4. The van der Waals surface area contributed by atoms with Gasteiger partial charge < -0.3 is 5.73 Å². The van der Waals surface area contributed by atoms with Crippen molar-refractivity contribution in [3.63, 3.8) is 0 Å². The van der Waals surface area contributed by atoms with Crippen molar-refractivity contribution in [1.29, 1.82) is 5.26 Å². The highest BCUT2D eigenvalue weighted by Gasteiger charge is 2.41. The summed E-state index contributed by atoms with van der Waals surface area (Å²) in [6.45, 7) is 3.72. The van der Waals surface area contributed by atoms with Gasteiger partial charge in [0.1, 0.15) is 5.82 Å². The average Bonchev–Trinajstić information content (AvgIpc) is 3.20. The van der Waals surface area contributed by atoms with Crippen molar-refractivity contribution in [2.45, 2.75) is 29.5 Å². The largest absolute Gasteiger partial charge is 0.384 e. The summed E-state index contributed by atoms with van der Waals surface area (Å²) in [5, 5.41) is 19.9. The van der Waals surface area contributed by atoms with Gasteiger partial charge in [-0.25, -0.2) is 0 Å². The fourth-order valence-electron chi connectivity index (χ4n) is 3.83. The molecule has 6 nitrogen and oxygen atoms in total. The smallest absolute Gasteiger partial charge is 0.219 e. The number of hydrogen-bond donors (Lipinski definition) is 1. The van der Waals surface area contributed by atoms with Crippen LogP contribution in [0.5, 0.6) is 0 Å². The lowest BCUT2D eigenvalue weighted by molar-refractivity contribution is -0.116. The Labute approximate surface area is 198 Å². The molecule has 10 heteroatoms. The highest BCUT2D eigenvalue weighted by molar-refractivity contribution is 8.01. The maximum absolute atomic E-state index is 13.1. The zero-order chi connectivity index (χ0) is 22.1. The van der Waals surface area contributed by atoms with E-state index in [2.05, 4.69) is 22.8 Å². The molecule has 0 radical (unpaired) electrons. The van der Waals surface area contributed by atoms with Crippen molar-refractivity contribution in [2.24, 2.45) is 5.73 Å². The number of anilines is 1. The van der Waals surface area contributed by atoms with Crippen LogP contribution in [-0.4, -0.2) is 21.7 Å². The van der Waals surface area contributed by atoms with Crippen LogP contribution in [0.3, 0.4) is 0 Å². The van der Waals surface area contributed by atoms with Gasteiger partial charge >= 0.3 is 0 Å². The van der Waals surface area contributed by atoms with E-state index in [0.717, 1.165) is 10.0 Å². The van der Waals surface area contributed by atoms with Crippen LogP contribution >= 0.6 is 46.3 Å². The fraction of sp³-hybridized carbons (Fsp3) is 0.238. The molecule has 1 aromatic heterocycles. The Kier molecular flexibility index (Phi) is 6.39. The Morgan fingerprint density at radius 3 is 2.90 bits per heavy atom. The maximum atomic E-state index is 13.1. The second-order valence-electron chi connectivity index (χ2n) is 6.93. The van der Waals surface area contributed by atoms with Crippen LogP contribution in [0.1, 0.15) is 30.7 Å². The Bertz CT molecular complexity index is 1180. The molecule has 1 aliphatic carbocycles. The number of nitriles is 1. The molecule has 2 heterocycles. The predicted molar refractivity (Wildman–Crippen MR) is 125 cm³/mol. The predicted octanol–water partition coefficient (Wildman–Crippen LogP) is 5.43. The lowest BCUT2D eigenvalue weighted by atomic mass is 9.76. The summed E-state index contributed by atoms with van der Waals surface area (Å²) in [5.41, 5.74) is 8.70. The van der Waals surface area contributed by atoms with E-state index in [1.165, 1.54) is 23.1 Å². The van der Waals surface area contributed by atoms with Crippen molar-refractivity contribution in [3.05, 3.63) is 69.1 Å². The fourth-order valence-corrected chi connectivity index (χ4v) is 5.99. The molecule has 2 N–H and O–H groups in total. The minimum atomic E-state index is -0.642. The van der Waals surface area contributed by atoms with Crippen molar-refractivity contribution < 1.29 is 4.79 Å². The van der Waals surface area contributed by atoms with Crippen molar-refractivity contribution >= 4 is 57.2 Å². The molecular weight excluding hydrogens is 473 g/mol. The zero-order valence-electron chi connectivity index (χ0n) is 16.3. The van der Waals surface area contributed by atoms with E-state index < -0.39 is 5.92 Å². The number of thioether (sulfide) groups is 1. The van der Waals surface area contributed by atoms with Gasteiger partial charge in [-0.15, -0.1) is 16.8 Å². The Morgan fingerprint density at radius 2 is 2.19 bits per heavy atom. The van der Waals surface area contributed by atoms with Gasteiger partial charge in [0.05, 0.1) is 17.6 Å². The highest BCUT2D eigenvalue weighted by Crippen LogP contribution is 2.48. The molecule has 158 valence electrons. The first-order chi connectivity index (χ1) is 15.0. The van der Waals surface area contributed by atoms with Crippen LogP contribution in [-0.2, 0) is 4.79 Å². The molecule has 0 fully saturated rings. The van der Waals surface area contributed by atoms with Gasteiger partial charge in [0.25, 0.3) is 0 Å². The number of ketones is 1. The molecule has 1 aliphatic heterocycles. The molecule has 2 aromatic rings. The van der Waals surface area contributed by atoms with Gasteiger partial charge in [-0.2, -0.15) is 5.26 Å². The maximum Gasteiger partial charge on any atom is 0.219 e. The number of benzene rings is 1. The van der Waals surface area contributed by atoms with Gasteiger partial charge in [0.2, 0.25) is 5.13 Å². The molecule has 0 saturated carbocycles. The van der Waals surface area contributed by atoms with Crippen molar-refractivity contribution in [1.82, 2.24) is 10.2 Å². The van der Waals surface area contributed by atoms with Gasteiger partial charge in [-0.3, -0.25) is 9.69 Å². The highest BCUT2D eigenvalue weighted by atomic mass is 35.5. The first-order valence-corrected chi connectivity index (χ1v) is 12.0.